The van der Waals surface area contributed by atoms with Gasteiger partial charge in [-0.3, -0.25) is 4.72 Å². The van der Waals surface area contributed by atoms with Gasteiger partial charge in [-0.2, -0.15) is 0 Å². The van der Waals surface area contributed by atoms with Gasteiger partial charge >= 0.3 is 0 Å². The van der Waals surface area contributed by atoms with E-state index < -0.39 is 10.0 Å². The van der Waals surface area contributed by atoms with E-state index in [1.807, 2.05) is 26.1 Å². The Hall–Kier alpha value is -2.31. The number of anilines is 1. The fourth-order valence-corrected chi connectivity index (χ4v) is 3.85. The summed E-state index contributed by atoms with van der Waals surface area (Å²) in [5.74, 6) is 0.905. The number of aromatic nitrogens is 2. The minimum atomic E-state index is -3.63. The molecular formula is C18H18ClN3O2S. The molecule has 130 valence electrons. The van der Waals surface area contributed by atoms with Gasteiger partial charge in [-0.15, -0.1) is 0 Å². The average molecular weight is 376 g/mol. The molecule has 0 unspecified atom stereocenters. The maximum Gasteiger partial charge on any atom is 0.261 e. The van der Waals surface area contributed by atoms with E-state index in [1.165, 1.54) is 0 Å². The second-order valence-electron chi connectivity index (χ2n) is 5.76. The summed E-state index contributed by atoms with van der Waals surface area (Å²) in [7, 11) is -3.63. The molecule has 1 N–H and O–H groups in total. The second kappa shape index (κ2) is 6.90. The third kappa shape index (κ3) is 3.86. The van der Waals surface area contributed by atoms with Crippen molar-refractivity contribution in [2.75, 3.05) is 4.72 Å². The summed E-state index contributed by atoms with van der Waals surface area (Å²) in [6.45, 7) is 4.50. The first-order chi connectivity index (χ1) is 11.9. The maximum absolute atomic E-state index is 12.4. The molecule has 1 aromatic heterocycles. The highest BCUT2D eigenvalue weighted by molar-refractivity contribution is 7.92. The van der Waals surface area contributed by atoms with E-state index >= 15 is 0 Å². The highest BCUT2D eigenvalue weighted by Crippen LogP contribution is 2.24. The summed E-state index contributed by atoms with van der Waals surface area (Å²) >= 11 is 6.36. The van der Waals surface area contributed by atoms with Gasteiger partial charge in [-0.25, -0.2) is 13.4 Å². The van der Waals surface area contributed by atoms with E-state index in [9.17, 15) is 8.42 Å². The highest BCUT2D eigenvalue weighted by Gasteiger charge is 2.14. The van der Waals surface area contributed by atoms with Crippen molar-refractivity contribution < 1.29 is 8.42 Å². The predicted molar refractivity (Wildman–Crippen MR) is 99.5 cm³/mol. The predicted octanol–water partition coefficient (Wildman–Crippen LogP) is 4.00. The number of nitrogens with one attached hydrogen (secondary N) is 1. The third-order valence-corrected chi connectivity index (χ3v) is 5.69. The summed E-state index contributed by atoms with van der Waals surface area (Å²) in [4.78, 5) is 4.48. The lowest BCUT2D eigenvalue weighted by Crippen LogP contribution is -2.13. The molecule has 25 heavy (non-hydrogen) atoms. The van der Waals surface area contributed by atoms with Crippen LogP contribution in [0.5, 0.6) is 0 Å². The number of halogens is 1. The van der Waals surface area contributed by atoms with Gasteiger partial charge in [0, 0.05) is 16.9 Å². The van der Waals surface area contributed by atoms with Gasteiger partial charge in [0.1, 0.15) is 5.82 Å². The Kier molecular flexibility index (Phi) is 4.83. The van der Waals surface area contributed by atoms with Crippen LogP contribution in [-0.2, 0) is 16.6 Å². The molecule has 7 heteroatoms. The zero-order valence-corrected chi connectivity index (χ0v) is 15.5. The van der Waals surface area contributed by atoms with Crippen molar-refractivity contribution >= 4 is 27.3 Å². The maximum atomic E-state index is 12.4. The summed E-state index contributed by atoms with van der Waals surface area (Å²) in [6, 6.07) is 13.4. The molecule has 0 saturated heterocycles. The monoisotopic (exact) mass is 375 g/mol. The van der Waals surface area contributed by atoms with Gasteiger partial charge in [0.15, 0.2) is 0 Å². The molecule has 3 aromatic rings. The van der Waals surface area contributed by atoms with Crippen molar-refractivity contribution in [3.8, 4) is 0 Å². The average Bonchev–Trinajstić information content (AvgIpc) is 2.89. The first-order valence-corrected chi connectivity index (χ1v) is 9.58. The number of aryl methyl sites for hydroxylation is 2. The minimum absolute atomic E-state index is 0.208. The van der Waals surface area contributed by atoms with E-state index in [0.717, 1.165) is 17.1 Å². The number of hydrogen-bond acceptors (Lipinski definition) is 3. The summed E-state index contributed by atoms with van der Waals surface area (Å²) in [6.07, 6.45) is 1.81. The summed E-state index contributed by atoms with van der Waals surface area (Å²) in [5, 5.41) is 0.501. The molecule has 0 aliphatic rings. The Morgan fingerprint density at radius 1 is 1.12 bits per heavy atom. The van der Waals surface area contributed by atoms with Crippen LogP contribution in [0.3, 0.4) is 0 Å². The van der Waals surface area contributed by atoms with Gasteiger partial charge in [0.2, 0.25) is 0 Å². The van der Waals surface area contributed by atoms with Crippen LogP contribution in [0.1, 0.15) is 17.1 Å². The quantitative estimate of drug-likeness (QED) is 0.733. The lowest BCUT2D eigenvalue weighted by molar-refractivity contribution is 0.601. The Labute approximate surface area is 152 Å². The van der Waals surface area contributed by atoms with E-state index in [2.05, 4.69) is 14.3 Å². The molecule has 0 aliphatic carbocycles. The van der Waals surface area contributed by atoms with Crippen molar-refractivity contribution in [3.63, 3.8) is 0 Å². The van der Waals surface area contributed by atoms with Crippen LogP contribution in [0.15, 0.2) is 59.6 Å². The van der Waals surface area contributed by atoms with E-state index in [-0.39, 0.29) is 4.90 Å². The van der Waals surface area contributed by atoms with Crippen molar-refractivity contribution in [1.82, 2.24) is 9.55 Å². The number of nitrogens with zero attached hydrogens (tertiary/aromatic N) is 2. The molecule has 2 aromatic carbocycles. The van der Waals surface area contributed by atoms with Crippen LogP contribution in [0.2, 0.25) is 5.02 Å². The SMILES string of the molecule is Cc1cnc(C)n1Cc1ccc(NS(=O)(=O)c2ccccc2)cc1Cl. The van der Waals surface area contributed by atoms with E-state index in [4.69, 9.17) is 11.6 Å². The van der Waals surface area contributed by atoms with Crippen LogP contribution in [0.4, 0.5) is 5.69 Å². The van der Waals surface area contributed by atoms with Crippen molar-refractivity contribution in [3.05, 3.63) is 76.8 Å². The Balaban J connectivity index is 1.83. The fraction of sp³-hybridized carbons (Fsp3) is 0.167. The molecule has 3 rings (SSSR count). The second-order valence-corrected chi connectivity index (χ2v) is 7.85. The minimum Gasteiger partial charge on any atom is -0.328 e. The number of hydrogen-bond donors (Lipinski definition) is 1. The van der Waals surface area contributed by atoms with Crippen LogP contribution < -0.4 is 4.72 Å². The van der Waals surface area contributed by atoms with Crippen molar-refractivity contribution in [1.29, 1.82) is 0 Å². The number of rotatable bonds is 5. The van der Waals surface area contributed by atoms with Crippen LogP contribution >= 0.6 is 11.6 Å². The zero-order valence-electron chi connectivity index (χ0n) is 13.9. The molecule has 0 saturated carbocycles. The highest BCUT2D eigenvalue weighted by atomic mass is 35.5. The van der Waals surface area contributed by atoms with Gasteiger partial charge < -0.3 is 4.57 Å². The summed E-state index contributed by atoms with van der Waals surface area (Å²) in [5.41, 5.74) is 2.37. The molecule has 0 spiro atoms. The standard InChI is InChI=1S/C18H18ClN3O2S/c1-13-11-20-14(2)22(13)12-15-8-9-16(10-18(15)19)21-25(23,24)17-6-4-3-5-7-17/h3-11,21H,12H2,1-2H3. The normalized spacial score (nSPS) is 11.5. The van der Waals surface area contributed by atoms with Gasteiger partial charge in [0.05, 0.1) is 17.1 Å². The molecule has 5 nitrogen and oxygen atoms in total. The van der Waals surface area contributed by atoms with Gasteiger partial charge in [-0.05, 0) is 43.7 Å². The van der Waals surface area contributed by atoms with Crippen LogP contribution in [0.25, 0.3) is 0 Å². The molecule has 0 amide bonds. The molecule has 0 fully saturated rings. The first-order valence-electron chi connectivity index (χ1n) is 7.72. The Morgan fingerprint density at radius 2 is 1.84 bits per heavy atom. The smallest absolute Gasteiger partial charge is 0.261 e. The van der Waals surface area contributed by atoms with Gasteiger partial charge in [-0.1, -0.05) is 35.9 Å². The van der Waals surface area contributed by atoms with Gasteiger partial charge in [0.25, 0.3) is 10.0 Å². The Bertz CT molecular complexity index is 979. The summed E-state index contributed by atoms with van der Waals surface area (Å²) < 4.78 is 29.4. The van der Waals surface area contributed by atoms with Crippen molar-refractivity contribution in [2.45, 2.75) is 25.3 Å². The van der Waals surface area contributed by atoms with Crippen LogP contribution in [-0.4, -0.2) is 18.0 Å². The molecule has 0 aliphatic heterocycles. The number of imidazole rings is 1. The molecule has 0 radical (unpaired) electrons. The van der Waals surface area contributed by atoms with E-state index in [1.54, 1.807) is 42.5 Å². The Morgan fingerprint density at radius 3 is 2.44 bits per heavy atom. The first kappa shape index (κ1) is 17.5. The number of sulfonamides is 1. The fourth-order valence-electron chi connectivity index (χ4n) is 2.54. The lowest BCUT2D eigenvalue weighted by atomic mass is 10.2. The molecular weight excluding hydrogens is 358 g/mol. The topological polar surface area (TPSA) is 64.0 Å². The lowest BCUT2D eigenvalue weighted by Gasteiger charge is -2.12. The van der Waals surface area contributed by atoms with E-state index in [0.29, 0.717) is 17.3 Å². The molecule has 0 atom stereocenters. The number of benzene rings is 2. The van der Waals surface area contributed by atoms with Crippen molar-refractivity contribution in [2.24, 2.45) is 0 Å². The molecule has 1 heterocycles. The largest absolute Gasteiger partial charge is 0.328 e. The van der Waals surface area contributed by atoms with Crippen LogP contribution in [0, 0.1) is 13.8 Å². The third-order valence-electron chi connectivity index (χ3n) is 3.94. The zero-order chi connectivity index (χ0) is 18.0. The molecule has 0 bridgehead atoms.